The van der Waals surface area contributed by atoms with Gasteiger partial charge >= 0.3 is 0 Å². The highest BCUT2D eigenvalue weighted by Gasteiger charge is 2.18. The molecule has 0 unspecified atom stereocenters. The van der Waals surface area contributed by atoms with Gasteiger partial charge in [-0.3, -0.25) is 9.36 Å². The minimum absolute atomic E-state index is 0.157. The number of ether oxygens (including phenoxy) is 1. The van der Waals surface area contributed by atoms with E-state index in [2.05, 4.69) is 15.5 Å². The van der Waals surface area contributed by atoms with E-state index in [1.165, 1.54) is 11.8 Å². The lowest BCUT2D eigenvalue weighted by atomic mass is 10.2. The van der Waals surface area contributed by atoms with Gasteiger partial charge in [0.1, 0.15) is 11.3 Å². The summed E-state index contributed by atoms with van der Waals surface area (Å²) >= 11 is 7.37. The number of benzene rings is 2. The first-order valence-corrected chi connectivity index (χ1v) is 10.6. The fraction of sp³-hybridized carbons (Fsp3) is 0.190. The van der Waals surface area contributed by atoms with Gasteiger partial charge in [0.15, 0.2) is 10.9 Å². The average Bonchev–Trinajstić information content (AvgIpc) is 3.35. The molecule has 0 saturated carbocycles. The SMILES string of the molecule is CCn1c(SCC(=O)Nc2ccccc2OC)nnc1-c1cc2cc(Cl)ccc2o1. The minimum Gasteiger partial charge on any atom is -0.495 e. The third-order valence-corrected chi connectivity index (χ3v) is 5.65. The number of hydrogen-bond acceptors (Lipinski definition) is 6. The van der Waals surface area contributed by atoms with E-state index < -0.39 is 0 Å². The average molecular weight is 443 g/mol. The molecule has 2 aromatic carbocycles. The molecule has 0 spiro atoms. The number of thioether (sulfide) groups is 1. The third-order valence-electron chi connectivity index (χ3n) is 4.45. The minimum atomic E-state index is -0.157. The maximum absolute atomic E-state index is 12.4. The molecule has 30 heavy (non-hydrogen) atoms. The highest BCUT2D eigenvalue weighted by molar-refractivity contribution is 7.99. The zero-order chi connectivity index (χ0) is 21.1. The maximum Gasteiger partial charge on any atom is 0.234 e. The topological polar surface area (TPSA) is 82.2 Å². The van der Waals surface area contributed by atoms with Gasteiger partial charge in [-0.2, -0.15) is 0 Å². The van der Waals surface area contributed by atoms with Crippen LogP contribution in [0.3, 0.4) is 0 Å². The molecular weight excluding hydrogens is 424 g/mol. The van der Waals surface area contributed by atoms with Crippen molar-refractivity contribution in [2.24, 2.45) is 0 Å². The summed E-state index contributed by atoms with van der Waals surface area (Å²) in [6, 6.07) is 14.6. The number of nitrogens with one attached hydrogen (secondary N) is 1. The Balaban J connectivity index is 1.50. The summed E-state index contributed by atoms with van der Waals surface area (Å²) in [5, 5.41) is 13.6. The van der Waals surface area contributed by atoms with Crippen LogP contribution in [0.1, 0.15) is 6.92 Å². The number of nitrogens with zero attached hydrogens (tertiary/aromatic N) is 3. The van der Waals surface area contributed by atoms with Gasteiger partial charge in [0.2, 0.25) is 11.7 Å². The summed E-state index contributed by atoms with van der Waals surface area (Å²) in [5.74, 6) is 1.85. The first kappa shape index (κ1) is 20.3. The standard InChI is InChI=1S/C21H19ClN4O3S/c1-3-26-20(18-11-13-10-14(22)8-9-16(13)29-18)24-25-21(26)30-12-19(27)23-15-6-4-5-7-17(15)28-2/h4-11H,3,12H2,1-2H3,(H,23,27). The highest BCUT2D eigenvalue weighted by atomic mass is 35.5. The van der Waals surface area contributed by atoms with Crippen molar-refractivity contribution < 1.29 is 13.9 Å². The molecule has 4 aromatic rings. The fourth-order valence-electron chi connectivity index (χ4n) is 3.05. The number of carbonyl (C=O) groups excluding carboxylic acids is 1. The van der Waals surface area contributed by atoms with Crippen molar-refractivity contribution >= 4 is 45.9 Å². The second kappa shape index (κ2) is 8.81. The van der Waals surface area contributed by atoms with Crippen molar-refractivity contribution in [3.63, 3.8) is 0 Å². The van der Waals surface area contributed by atoms with Crippen LogP contribution in [-0.2, 0) is 11.3 Å². The van der Waals surface area contributed by atoms with E-state index in [0.717, 1.165) is 11.0 Å². The first-order valence-electron chi connectivity index (χ1n) is 9.27. The van der Waals surface area contributed by atoms with Crippen molar-refractivity contribution in [1.82, 2.24) is 14.8 Å². The monoisotopic (exact) mass is 442 g/mol. The Bertz CT molecular complexity index is 1200. The van der Waals surface area contributed by atoms with Crippen LogP contribution < -0.4 is 10.1 Å². The Morgan fingerprint density at radius 1 is 1.23 bits per heavy atom. The predicted octanol–water partition coefficient (Wildman–Crippen LogP) is 5.10. The molecular formula is C21H19ClN4O3S. The van der Waals surface area contributed by atoms with Crippen molar-refractivity contribution in [2.45, 2.75) is 18.6 Å². The number of para-hydroxylation sites is 2. The molecule has 0 bridgehead atoms. The molecule has 9 heteroatoms. The molecule has 2 heterocycles. The summed E-state index contributed by atoms with van der Waals surface area (Å²) < 4.78 is 13.1. The van der Waals surface area contributed by atoms with Crippen LogP contribution in [0.2, 0.25) is 5.02 Å². The molecule has 0 aliphatic carbocycles. The van der Waals surface area contributed by atoms with E-state index in [4.69, 9.17) is 20.8 Å². The van der Waals surface area contributed by atoms with Gasteiger partial charge in [-0.25, -0.2) is 0 Å². The lowest BCUT2D eigenvalue weighted by Gasteiger charge is -2.09. The number of carbonyl (C=O) groups is 1. The Morgan fingerprint density at radius 2 is 2.07 bits per heavy atom. The quantitative estimate of drug-likeness (QED) is 0.401. The van der Waals surface area contributed by atoms with E-state index in [-0.39, 0.29) is 11.7 Å². The molecule has 0 aliphatic heterocycles. The first-order chi connectivity index (χ1) is 14.6. The van der Waals surface area contributed by atoms with E-state index in [0.29, 0.717) is 39.7 Å². The largest absolute Gasteiger partial charge is 0.495 e. The fourth-order valence-corrected chi connectivity index (χ4v) is 4.03. The van der Waals surface area contributed by atoms with Crippen LogP contribution in [-0.4, -0.2) is 33.5 Å². The molecule has 4 rings (SSSR count). The van der Waals surface area contributed by atoms with Crippen molar-refractivity contribution in [2.75, 3.05) is 18.2 Å². The van der Waals surface area contributed by atoms with Gasteiger partial charge < -0.3 is 14.5 Å². The zero-order valence-corrected chi connectivity index (χ0v) is 18.0. The van der Waals surface area contributed by atoms with Crippen LogP contribution in [0.15, 0.2) is 58.1 Å². The summed E-state index contributed by atoms with van der Waals surface area (Å²) in [5.41, 5.74) is 1.36. The molecule has 0 saturated heterocycles. The Labute approximate surface area is 182 Å². The Kier molecular flexibility index (Phi) is 5.96. The Hall–Kier alpha value is -2.97. The summed E-state index contributed by atoms with van der Waals surface area (Å²) in [7, 11) is 1.57. The number of aromatic nitrogens is 3. The number of amides is 1. The molecule has 7 nitrogen and oxygen atoms in total. The second-order valence-corrected chi connectivity index (χ2v) is 7.76. The lowest BCUT2D eigenvalue weighted by molar-refractivity contribution is -0.113. The van der Waals surface area contributed by atoms with Crippen molar-refractivity contribution in [1.29, 1.82) is 0 Å². The van der Waals surface area contributed by atoms with E-state index in [1.54, 1.807) is 25.3 Å². The van der Waals surface area contributed by atoms with Crippen LogP contribution in [0.5, 0.6) is 5.75 Å². The molecule has 1 amide bonds. The normalized spacial score (nSPS) is 11.0. The van der Waals surface area contributed by atoms with E-state index in [1.807, 2.05) is 41.8 Å². The van der Waals surface area contributed by atoms with Gasteiger partial charge in [0.05, 0.1) is 18.6 Å². The summed E-state index contributed by atoms with van der Waals surface area (Å²) in [4.78, 5) is 12.4. The van der Waals surface area contributed by atoms with Gasteiger partial charge in [0.25, 0.3) is 0 Å². The summed E-state index contributed by atoms with van der Waals surface area (Å²) in [6.45, 7) is 2.63. The van der Waals surface area contributed by atoms with Gasteiger partial charge in [0, 0.05) is 17.0 Å². The molecule has 2 aromatic heterocycles. The van der Waals surface area contributed by atoms with Crippen LogP contribution in [0.4, 0.5) is 5.69 Å². The zero-order valence-electron chi connectivity index (χ0n) is 16.4. The number of hydrogen-bond donors (Lipinski definition) is 1. The van der Waals surface area contributed by atoms with Crippen molar-refractivity contribution in [3.8, 4) is 17.3 Å². The number of anilines is 1. The molecule has 0 atom stereocenters. The summed E-state index contributed by atoms with van der Waals surface area (Å²) in [6.07, 6.45) is 0. The van der Waals surface area contributed by atoms with Crippen LogP contribution in [0.25, 0.3) is 22.6 Å². The van der Waals surface area contributed by atoms with Gasteiger partial charge in [-0.05, 0) is 43.3 Å². The van der Waals surface area contributed by atoms with Crippen LogP contribution in [0, 0.1) is 0 Å². The maximum atomic E-state index is 12.4. The molecule has 0 radical (unpaired) electrons. The van der Waals surface area contributed by atoms with Crippen LogP contribution >= 0.6 is 23.4 Å². The molecule has 0 aliphatic rings. The van der Waals surface area contributed by atoms with E-state index in [9.17, 15) is 4.79 Å². The van der Waals surface area contributed by atoms with Crippen molar-refractivity contribution in [3.05, 3.63) is 53.6 Å². The van der Waals surface area contributed by atoms with Gasteiger partial charge in [-0.15, -0.1) is 10.2 Å². The molecule has 0 fully saturated rings. The Morgan fingerprint density at radius 3 is 2.87 bits per heavy atom. The van der Waals surface area contributed by atoms with Gasteiger partial charge in [-0.1, -0.05) is 35.5 Å². The third kappa shape index (κ3) is 4.15. The second-order valence-electron chi connectivity index (χ2n) is 6.38. The number of fused-ring (bicyclic) bond motifs is 1. The predicted molar refractivity (Wildman–Crippen MR) is 118 cm³/mol. The number of rotatable bonds is 7. The van der Waals surface area contributed by atoms with E-state index >= 15 is 0 Å². The highest BCUT2D eigenvalue weighted by Crippen LogP contribution is 2.31. The lowest BCUT2D eigenvalue weighted by Crippen LogP contribution is -2.15. The molecule has 1 N–H and O–H groups in total. The number of furan rings is 1. The number of methoxy groups -OCH3 is 1. The molecule has 154 valence electrons. The number of halogens is 1. The smallest absolute Gasteiger partial charge is 0.234 e.